The van der Waals surface area contributed by atoms with E-state index in [-0.39, 0.29) is 11.9 Å². The van der Waals surface area contributed by atoms with Crippen molar-refractivity contribution in [2.24, 2.45) is 121 Å². The normalized spacial score (nSPS) is 46.9. The molecular weight excluding hydrogens is 953 g/mol. The Morgan fingerprint density at radius 2 is 1.00 bits per heavy atom. The summed E-state index contributed by atoms with van der Waals surface area (Å²) in [6.07, 6.45) is 48.5. The Bertz CT molecular complexity index is 2320. The number of fused-ring (bicyclic) bond motifs is 15. The summed E-state index contributed by atoms with van der Waals surface area (Å²) in [7, 11) is 3.01. The van der Waals surface area contributed by atoms with Crippen molar-refractivity contribution >= 4 is 11.9 Å². The van der Waals surface area contributed by atoms with Gasteiger partial charge in [0.2, 0.25) is 0 Å². The summed E-state index contributed by atoms with van der Waals surface area (Å²) >= 11 is 0. The molecule has 0 bridgehead atoms. The SMILES string of the molecule is C/C=C1/CCC2C3CC[C@@H]4C[C@H](C)CC[C@]4(C)C3=CC[C@]12C.COC(=O)CC[C@@H](C)C1=CCC2C3CC[C@@H]4C[C@H](C)CC[C@]4(C)C3=CC[C@]12C.COC(=O)CC[C@@H](C)C1CCC2C3CC[C@@H]4C[C@H](C)CC[C@]4(C)C3=CC[C@@]21C. The molecule has 0 aliphatic heterocycles. The molecule has 12 aliphatic carbocycles. The van der Waals surface area contributed by atoms with Crippen molar-refractivity contribution in [1.29, 1.82) is 0 Å². The maximum atomic E-state index is 11.6. The molecule has 8 fully saturated rings. The minimum atomic E-state index is -0.0734. The summed E-state index contributed by atoms with van der Waals surface area (Å²) in [6.45, 7) is 29.9. The molecule has 78 heavy (non-hydrogen) atoms. The minimum Gasteiger partial charge on any atom is -0.469 e. The molecule has 0 heterocycles. The average molecular weight is 1070 g/mol. The van der Waals surface area contributed by atoms with E-state index in [9.17, 15) is 9.59 Å². The third-order valence-corrected chi connectivity index (χ3v) is 28.0. The van der Waals surface area contributed by atoms with E-state index in [0.29, 0.717) is 57.2 Å². The van der Waals surface area contributed by atoms with Crippen LogP contribution < -0.4 is 0 Å². The molecule has 0 spiro atoms. The number of ether oxygens (including phenoxy) is 2. The molecule has 7 unspecified atom stereocenters. The molecule has 0 saturated heterocycles. The van der Waals surface area contributed by atoms with Crippen LogP contribution in [0.25, 0.3) is 0 Å². The van der Waals surface area contributed by atoms with Crippen molar-refractivity contribution < 1.29 is 19.1 Å². The zero-order valence-corrected chi connectivity index (χ0v) is 52.8. The zero-order valence-electron chi connectivity index (χ0n) is 52.8. The number of esters is 2. The number of allylic oxidation sites excluding steroid dienone is 10. The predicted molar refractivity (Wildman–Crippen MR) is 324 cm³/mol. The minimum absolute atomic E-state index is 0.0462. The van der Waals surface area contributed by atoms with Crippen LogP contribution in [0.3, 0.4) is 0 Å². The van der Waals surface area contributed by atoms with Crippen LogP contribution in [0.4, 0.5) is 0 Å². The lowest BCUT2D eigenvalue weighted by Crippen LogP contribution is -2.48. The molecule has 12 aliphatic rings. The Kier molecular flexibility index (Phi) is 17.1. The lowest BCUT2D eigenvalue weighted by Gasteiger charge is -2.57. The lowest BCUT2D eigenvalue weighted by molar-refractivity contribution is -0.141. The predicted octanol–water partition coefficient (Wildman–Crippen LogP) is 20.0. The average Bonchev–Trinajstić information content (AvgIpc) is 4.23. The van der Waals surface area contributed by atoms with Gasteiger partial charge in [-0.1, -0.05) is 134 Å². The van der Waals surface area contributed by atoms with Crippen LogP contribution in [0.1, 0.15) is 256 Å². The topological polar surface area (TPSA) is 52.6 Å². The van der Waals surface area contributed by atoms with Crippen LogP contribution in [0.15, 0.2) is 58.2 Å². The summed E-state index contributed by atoms with van der Waals surface area (Å²) in [5.41, 5.74) is 11.8. The molecule has 4 heteroatoms. The highest BCUT2D eigenvalue weighted by Gasteiger charge is 2.60. The highest BCUT2D eigenvalue weighted by Crippen LogP contribution is 2.69. The van der Waals surface area contributed by atoms with E-state index < -0.39 is 0 Å². The zero-order chi connectivity index (χ0) is 55.7. The van der Waals surface area contributed by atoms with Crippen molar-refractivity contribution in [1.82, 2.24) is 0 Å². The van der Waals surface area contributed by atoms with E-state index in [0.717, 1.165) is 89.8 Å². The van der Waals surface area contributed by atoms with Gasteiger partial charge in [-0.2, -0.15) is 0 Å². The second kappa shape index (κ2) is 22.7. The van der Waals surface area contributed by atoms with Gasteiger partial charge in [0, 0.05) is 12.8 Å². The van der Waals surface area contributed by atoms with Crippen LogP contribution in [0, 0.1) is 121 Å². The Morgan fingerprint density at radius 1 is 0.538 bits per heavy atom. The largest absolute Gasteiger partial charge is 0.469 e. The fourth-order valence-electron chi connectivity index (χ4n) is 23.1. The Labute approximate surface area is 478 Å². The van der Waals surface area contributed by atoms with Gasteiger partial charge in [0.1, 0.15) is 0 Å². The van der Waals surface area contributed by atoms with Gasteiger partial charge in [0.25, 0.3) is 0 Å². The first-order valence-corrected chi connectivity index (χ1v) is 33.7. The quantitative estimate of drug-likeness (QED) is 0.180. The van der Waals surface area contributed by atoms with Gasteiger partial charge < -0.3 is 9.47 Å². The van der Waals surface area contributed by atoms with Crippen LogP contribution in [0.5, 0.6) is 0 Å². The van der Waals surface area contributed by atoms with Crippen LogP contribution in [-0.2, 0) is 19.1 Å². The number of carbonyl (C=O) groups is 2. The van der Waals surface area contributed by atoms with Gasteiger partial charge >= 0.3 is 11.9 Å². The fourth-order valence-corrected chi connectivity index (χ4v) is 23.1. The van der Waals surface area contributed by atoms with Gasteiger partial charge in [-0.15, -0.1) is 0 Å². The standard InChI is InChI=1S/C26H42O2.C26H40O2.C22H34/c2*1-17-12-14-25(3)19(16-17)7-8-20-22-10-9-21(18(2)6-11-24(27)28-5)26(22,4)15-13-23(20)25;1-5-16-7-9-19-18-8-6-17-14-15(2)10-12-22(17,4)20(18)11-13-21(16,19)3/h13,17-22H,6-12,14-16H2,1-5H3;9,13,17-20,22H,6-8,10-12,14-16H2,1-5H3;5,11,15,17-19H,6-10,12-14H2,1-4H3/b;;16-5-/t17-,18-,19-,20?,21?,22?,25+,26-;17-,18-,19-,20?,22?,25+,26-;15-,17-,18?,19?,21-,22+/m111/s1. The van der Waals surface area contributed by atoms with Crippen molar-refractivity contribution in [2.75, 3.05) is 14.2 Å². The number of rotatable bonds is 8. The molecule has 8 saturated carbocycles. The summed E-state index contributed by atoms with van der Waals surface area (Å²) in [5.74, 6) is 12.5. The van der Waals surface area contributed by atoms with E-state index in [4.69, 9.17) is 9.47 Å². The van der Waals surface area contributed by atoms with Crippen molar-refractivity contribution in [3.8, 4) is 0 Å². The number of hydrogen-bond acceptors (Lipinski definition) is 4. The molecule has 436 valence electrons. The maximum Gasteiger partial charge on any atom is 0.305 e. The summed E-state index contributed by atoms with van der Waals surface area (Å²) in [5, 5.41) is 0. The Hall–Kier alpha value is -2.36. The Balaban J connectivity index is 0.000000133. The number of carbonyl (C=O) groups excluding carboxylic acids is 2. The lowest BCUT2D eigenvalue weighted by atomic mass is 9.48. The van der Waals surface area contributed by atoms with E-state index in [1.54, 1.807) is 11.1 Å². The van der Waals surface area contributed by atoms with Crippen LogP contribution >= 0.6 is 0 Å². The summed E-state index contributed by atoms with van der Waals surface area (Å²) < 4.78 is 9.75. The summed E-state index contributed by atoms with van der Waals surface area (Å²) in [4.78, 5) is 23.3. The Morgan fingerprint density at radius 3 is 1.50 bits per heavy atom. The van der Waals surface area contributed by atoms with E-state index >= 15 is 0 Å². The molecule has 4 nitrogen and oxygen atoms in total. The molecule has 0 N–H and O–H groups in total. The molecule has 21 atom stereocenters. The van der Waals surface area contributed by atoms with Crippen molar-refractivity contribution in [3.63, 3.8) is 0 Å². The van der Waals surface area contributed by atoms with Gasteiger partial charge in [-0.3, -0.25) is 9.59 Å². The van der Waals surface area contributed by atoms with Crippen LogP contribution in [-0.4, -0.2) is 26.2 Å². The number of methoxy groups -OCH3 is 2. The fraction of sp³-hybridized carbons (Fsp3) is 0.838. The van der Waals surface area contributed by atoms with E-state index in [1.165, 1.54) is 162 Å². The first-order chi connectivity index (χ1) is 37.1. The first-order valence-electron chi connectivity index (χ1n) is 33.7. The highest BCUT2D eigenvalue weighted by molar-refractivity contribution is 5.69. The maximum absolute atomic E-state index is 11.6. The van der Waals surface area contributed by atoms with Gasteiger partial charge in [0.05, 0.1) is 14.2 Å². The number of hydrogen-bond donors (Lipinski definition) is 0. The molecular formula is C74H116O4. The molecule has 12 rings (SSSR count). The molecule has 0 amide bonds. The second-order valence-electron chi connectivity index (χ2n) is 31.8. The van der Waals surface area contributed by atoms with E-state index in [1.807, 2.05) is 16.7 Å². The highest BCUT2D eigenvalue weighted by atomic mass is 16.5. The van der Waals surface area contributed by atoms with E-state index in [2.05, 4.69) is 113 Å². The molecule has 0 aromatic rings. The third kappa shape index (κ3) is 10.2. The third-order valence-electron chi connectivity index (χ3n) is 28.0. The first kappa shape index (κ1) is 58.8. The molecule has 0 aromatic heterocycles. The molecule has 0 radical (unpaired) electrons. The second-order valence-corrected chi connectivity index (χ2v) is 31.8. The van der Waals surface area contributed by atoms with Gasteiger partial charge in [0.15, 0.2) is 0 Å². The van der Waals surface area contributed by atoms with Crippen LogP contribution in [0.2, 0.25) is 0 Å². The summed E-state index contributed by atoms with van der Waals surface area (Å²) in [6, 6.07) is 0. The van der Waals surface area contributed by atoms with Crippen molar-refractivity contribution in [2.45, 2.75) is 256 Å². The van der Waals surface area contributed by atoms with Gasteiger partial charge in [-0.25, -0.2) is 0 Å². The molecule has 0 aromatic carbocycles. The smallest absolute Gasteiger partial charge is 0.305 e. The van der Waals surface area contributed by atoms with Gasteiger partial charge in [-0.05, 0) is 289 Å². The monoisotopic (exact) mass is 1070 g/mol. The van der Waals surface area contributed by atoms with Crippen molar-refractivity contribution in [3.05, 3.63) is 58.2 Å².